The number of aromatic nitrogens is 1. The van der Waals surface area contributed by atoms with Crippen LogP contribution in [0.1, 0.15) is 41.7 Å². The second kappa shape index (κ2) is 6.02. The van der Waals surface area contributed by atoms with Crippen molar-refractivity contribution in [2.24, 2.45) is 11.1 Å². The van der Waals surface area contributed by atoms with Gasteiger partial charge in [0.15, 0.2) is 0 Å². The third kappa shape index (κ3) is 2.98. The summed E-state index contributed by atoms with van der Waals surface area (Å²) in [4.78, 5) is 19.2. The maximum atomic E-state index is 12.7. The van der Waals surface area contributed by atoms with E-state index in [-0.39, 0.29) is 5.91 Å². The zero-order chi connectivity index (χ0) is 14.9. The Morgan fingerprint density at radius 1 is 1.57 bits per heavy atom. The number of carbonyl (C=O) groups excluding carboxylic acids is 1. The molecule has 0 radical (unpaired) electrons. The highest BCUT2D eigenvalue weighted by molar-refractivity contribution is 7.09. The molecule has 3 N–H and O–H groups in total. The van der Waals surface area contributed by atoms with E-state index in [1.807, 2.05) is 10.3 Å². The molecule has 0 bridgehead atoms. The molecule has 1 spiro atoms. The summed E-state index contributed by atoms with van der Waals surface area (Å²) in [7, 11) is 0. The van der Waals surface area contributed by atoms with Crippen molar-refractivity contribution in [2.45, 2.75) is 38.6 Å². The summed E-state index contributed by atoms with van der Waals surface area (Å²) in [5, 5.41) is 6.26. The van der Waals surface area contributed by atoms with E-state index in [1.54, 1.807) is 11.3 Å². The first-order valence-electron chi connectivity index (χ1n) is 7.80. The zero-order valence-corrected chi connectivity index (χ0v) is 13.4. The van der Waals surface area contributed by atoms with Gasteiger partial charge in [0, 0.05) is 24.4 Å². The molecule has 116 valence electrons. The van der Waals surface area contributed by atoms with Gasteiger partial charge in [-0.3, -0.25) is 4.79 Å². The quantitative estimate of drug-likeness (QED) is 0.881. The van der Waals surface area contributed by atoms with Crippen LogP contribution in [0.15, 0.2) is 5.38 Å². The number of amides is 1. The first-order chi connectivity index (χ1) is 10.1. The Labute approximate surface area is 129 Å². The van der Waals surface area contributed by atoms with Gasteiger partial charge in [-0.1, -0.05) is 0 Å². The molecule has 1 amide bonds. The van der Waals surface area contributed by atoms with Crippen LogP contribution >= 0.6 is 11.3 Å². The molecule has 1 atom stereocenters. The van der Waals surface area contributed by atoms with Crippen molar-refractivity contribution in [1.29, 1.82) is 0 Å². The number of likely N-dealkylation sites (tertiary alicyclic amines) is 1. The predicted molar refractivity (Wildman–Crippen MR) is 84.5 cm³/mol. The summed E-state index contributed by atoms with van der Waals surface area (Å²) in [6.07, 6.45) is 4.23. The predicted octanol–water partition coefficient (Wildman–Crippen LogP) is 1.25. The molecule has 2 fully saturated rings. The van der Waals surface area contributed by atoms with E-state index in [9.17, 15) is 4.79 Å². The van der Waals surface area contributed by atoms with Gasteiger partial charge in [0.1, 0.15) is 5.69 Å². The minimum Gasteiger partial charge on any atom is -0.334 e. The average molecular weight is 308 g/mol. The lowest BCUT2D eigenvalue weighted by molar-refractivity contribution is 0.0718. The second-order valence-electron chi connectivity index (χ2n) is 6.40. The number of carbonyl (C=O) groups is 1. The van der Waals surface area contributed by atoms with Crippen molar-refractivity contribution in [2.75, 3.05) is 26.2 Å². The molecule has 3 heterocycles. The number of nitrogens with one attached hydrogen (secondary N) is 1. The minimum absolute atomic E-state index is 0.0948. The van der Waals surface area contributed by atoms with Gasteiger partial charge in [0.2, 0.25) is 0 Å². The first-order valence-corrected chi connectivity index (χ1v) is 8.68. The Morgan fingerprint density at radius 3 is 3.05 bits per heavy atom. The first kappa shape index (κ1) is 14.9. The Balaban J connectivity index is 1.72. The number of nitrogens with two attached hydrogens (primary N) is 1. The van der Waals surface area contributed by atoms with Crippen LogP contribution in [0.25, 0.3) is 0 Å². The number of hydrogen-bond donors (Lipinski definition) is 2. The molecule has 21 heavy (non-hydrogen) atoms. The number of hydrogen-bond acceptors (Lipinski definition) is 5. The Kier molecular flexibility index (Phi) is 4.28. The topological polar surface area (TPSA) is 71.2 Å². The van der Waals surface area contributed by atoms with Gasteiger partial charge in [-0.15, -0.1) is 11.3 Å². The molecular weight excluding hydrogens is 284 g/mol. The summed E-state index contributed by atoms with van der Waals surface area (Å²) < 4.78 is 0. The van der Waals surface area contributed by atoms with Gasteiger partial charge in [0.05, 0.1) is 5.01 Å². The van der Waals surface area contributed by atoms with Gasteiger partial charge in [-0.05, 0) is 51.2 Å². The molecule has 2 aliphatic heterocycles. The molecular formula is C15H24N4OS. The lowest BCUT2D eigenvalue weighted by Crippen LogP contribution is -2.40. The van der Waals surface area contributed by atoms with Crippen molar-refractivity contribution in [1.82, 2.24) is 15.2 Å². The number of piperidine rings is 1. The van der Waals surface area contributed by atoms with Crippen molar-refractivity contribution in [3.05, 3.63) is 16.1 Å². The van der Waals surface area contributed by atoms with Crippen LogP contribution in [-0.2, 0) is 6.42 Å². The summed E-state index contributed by atoms with van der Waals surface area (Å²) in [5.41, 5.74) is 6.48. The molecule has 1 unspecified atom stereocenters. The van der Waals surface area contributed by atoms with E-state index < -0.39 is 0 Å². The van der Waals surface area contributed by atoms with E-state index in [0.29, 0.717) is 23.7 Å². The van der Waals surface area contributed by atoms with Crippen LogP contribution in [0.5, 0.6) is 0 Å². The number of nitrogens with zero attached hydrogens (tertiary/aromatic N) is 2. The normalized spacial score (nSPS) is 24.7. The minimum atomic E-state index is 0.0948. The summed E-state index contributed by atoms with van der Waals surface area (Å²) in [6, 6.07) is 0.315. The maximum absolute atomic E-state index is 12.7. The van der Waals surface area contributed by atoms with E-state index in [4.69, 9.17) is 5.73 Å². The van der Waals surface area contributed by atoms with Gasteiger partial charge in [-0.2, -0.15) is 0 Å². The molecule has 0 saturated carbocycles. The van der Waals surface area contributed by atoms with E-state index in [2.05, 4.69) is 17.2 Å². The van der Waals surface area contributed by atoms with Crippen molar-refractivity contribution < 1.29 is 4.79 Å². The smallest absolute Gasteiger partial charge is 0.273 e. The van der Waals surface area contributed by atoms with Crippen LogP contribution in [0.3, 0.4) is 0 Å². The third-order valence-electron chi connectivity index (χ3n) is 4.82. The van der Waals surface area contributed by atoms with Gasteiger partial charge in [-0.25, -0.2) is 4.98 Å². The average Bonchev–Trinajstić information content (AvgIpc) is 3.05. The van der Waals surface area contributed by atoms with E-state index in [0.717, 1.165) is 37.5 Å². The fraction of sp³-hybridized carbons (Fsp3) is 0.733. The molecule has 2 aliphatic rings. The fourth-order valence-electron chi connectivity index (χ4n) is 3.70. The number of rotatable bonds is 3. The third-order valence-corrected chi connectivity index (χ3v) is 5.73. The van der Waals surface area contributed by atoms with E-state index in [1.165, 1.54) is 12.8 Å². The highest BCUT2D eigenvalue weighted by atomic mass is 32.1. The molecule has 6 heteroatoms. The number of thiazole rings is 1. The van der Waals surface area contributed by atoms with Crippen molar-refractivity contribution in [3.8, 4) is 0 Å². The molecule has 1 aromatic heterocycles. The van der Waals surface area contributed by atoms with Crippen LogP contribution in [0, 0.1) is 5.41 Å². The SMILES string of the molecule is CC1CC2(CCNCC2)CN1C(=O)c1csc(CCN)n1. The van der Waals surface area contributed by atoms with Crippen LogP contribution in [0.2, 0.25) is 0 Å². The summed E-state index contributed by atoms with van der Waals surface area (Å²) >= 11 is 1.54. The lowest BCUT2D eigenvalue weighted by Gasteiger charge is -2.33. The standard InChI is InChI=1S/C15H24N4OS/c1-11-8-15(3-6-17-7-4-15)10-19(11)14(20)12-9-21-13(18-12)2-5-16/h9,11,17H,2-8,10,16H2,1H3. The molecule has 5 nitrogen and oxygen atoms in total. The van der Waals surface area contributed by atoms with Crippen molar-refractivity contribution in [3.63, 3.8) is 0 Å². The Hall–Kier alpha value is -0.980. The van der Waals surface area contributed by atoms with Gasteiger partial charge in [0.25, 0.3) is 5.91 Å². The van der Waals surface area contributed by atoms with E-state index >= 15 is 0 Å². The van der Waals surface area contributed by atoms with Crippen molar-refractivity contribution >= 4 is 17.2 Å². The van der Waals surface area contributed by atoms with Gasteiger partial charge >= 0.3 is 0 Å². The Morgan fingerprint density at radius 2 is 2.33 bits per heavy atom. The van der Waals surface area contributed by atoms with Gasteiger partial charge < -0.3 is 16.0 Å². The van der Waals surface area contributed by atoms with Crippen LogP contribution < -0.4 is 11.1 Å². The fourth-order valence-corrected chi connectivity index (χ4v) is 4.49. The molecule has 0 aromatic carbocycles. The maximum Gasteiger partial charge on any atom is 0.273 e. The monoisotopic (exact) mass is 308 g/mol. The largest absolute Gasteiger partial charge is 0.334 e. The summed E-state index contributed by atoms with van der Waals surface area (Å²) in [5.74, 6) is 0.0948. The highest BCUT2D eigenvalue weighted by Gasteiger charge is 2.44. The summed E-state index contributed by atoms with van der Waals surface area (Å²) in [6.45, 7) is 5.79. The lowest BCUT2D eigenvalue weighted by atomic mass is 9.77. The van der Waals surface area contributed by atoms with Crippen LogP contribution in [0.4, 0.5) is 0 Å². The van der Waals surface area contributed by atoms with Crippen LogP contribution in [-0.4, -0.2) is 48.0 Å². The second-order valence-corrected chi connectivity index (χ2v) is 7.34. The molecule has 0 aliphatic carbocycles. The molecule has 2 saturated heterocycles. The highest BCUT2D eigenvalue weighted by Crippen LogP contribution is 2.42. The molecule has 1 aromatic rings. The molecule has 3 rings (SSSR count). The Bertz CT molecular complexity index is 510. The zero-order valence-electron chi connectivity index (χ0n) is 12.6.